The summed E-state index contributed by atoms with van der Waals surface area (Å²) in [7, 11) is 0. The molecule has 0 saturated heterocycles. The summed E-state index contributed by atoms with van der Waals surface area (Å²) in [4.78, 5) is 20.9. The summed E-state index contributed by atoms with van der Waals surface area (Å²) >= 11 is 0. The lowest BCUT2D eigenvalue weighted by Gasteiger charge is -2.27. The van der Waals surface area contributed by atoms with Crippen molar-refractivity contribution in [2.75, 3.05) is 0 Å². The summed E-state index contributed by atoms with van der Waals surface area (Å²) in [5, 5.41) is 11.9. The third-order valence-corrected chi connectivity index (χ3v) is 5.12. The predicted octanol–water partition coefficient (Wildman–Crippen LogP) is 4.07. The third-order valence-electron chi connectivity index (χ3n) is 5.12. The first-order valence-corrected chi connectivity index (χ1v) is 9.31. The summed E-state index contributed by atoms with van der Waals surface area (Å²) in [5.41, 5.74) is 8.87. The van der Waals surface area contributed by atoms with Gasteiger partial charge in [-0.25, -0.2) is 0 Å². The zero-order chi connectivity index (χ0) is 19.4. The molecule has 140 valence electrons. The number of rotatable bonds is 7. The van der Waals surface area contributed by atoms with Crippen LogP contribution in [-0.4, -0.2) is 21.0 Å². The number of hydrogen-bond donors (Lipinski definition) is 2. The van der Waals surface area contributed by atoms with E-state index in [2.05, 4.69) is 16.9 Å². The van der Waals surface area contributed by atoms with Crippen LogP contribution in [0.1, 0.15) is 48.8 Å². The first kappa shape index (κ1) is 18.8. The lowest BCUT2D eigenvalue weighted by atomic mass is 9.77. The number of carbonyl (C=O) groups excluding carboxylic acids is 1. The number of amides is 1. The van der Waals surface area contributed by atoms with E-state index in [0.717, 1.165) is 29.4 Å². The molecule has 0 spiro atoms. The topological polar surface area (TPSA) is 89.1 Å². The minimum atomic E-state index is -0.430. The average molecular weight is 363 g/mol. The monoisotopic (exact) mass is 363 g/mol. The highest BCUT2D eigenvalue weighted by Crippen LogP contribution is 2.42. The van der Waals surface area contributed by atoms with Gasteiger partial charge in [0.05, 0.1) is 0 Å². The molecule has 0 radical (unpaired) electrons. The molecule has 3 aromatic rings. The Bertz CT molecular complexity index is 941. The highest BCUT2D eigenvalue weighted by molar-refractivity contribution is 5.89. The summed E-state index contributed by atoms with van der Waals surface area (Å²) in [5.74, 6) is -1.06. The number of aryl methyl sites for hydroxylation is 1. The quantitative estimate of drug-likeness (QED) is 0.662. The smallest absolute Gasteiger partial charge is 0.221 e. The molecule has 0 saturated carbocycles. The summed E-state index contributed by atoms with van der Waals surface area (Å²) in [6.45, 7) is 4.07. The normalized spacial score (nSPS) is 13.4. The molecular weight excluding hydrogens is 338 g/mol. The van der Waals surface area contributed by atoms with Gasteiger partial charge >= 0.3 is 0 Å². The standard InChI is InChI=1S/C22H25N3O2/c1-3-4-8-17(22(23)27)19(15-7-5-10-24-13-15)18-12-14(2)16-9-6-11-25-20(16)21(18)26/h5-7,9-13,17,19,26H,3-4,8H2,1-2H3,(H2,23,27). The number of aromatic hydroxyl groups is 1. The number of nitrogens with zero attached hydrogens (tertiary/aromatic N) is 2. The lowest BCUT2D eigenvalue weighted by molar-refractivity contribution is -0.122. The second-order valence-electron chi connectivity index (χ2n) is 6.95. The van der Waals surface area contributed by atoms with Crippen molar-refractivity contribution < 1.29 is 9.90 Å². The minimum Gasteiger partial charge on any atom is -0.505 e. The number of nitrogens with two attached hydrogens (primary N) is 1. The van der Waals surface area contributed by atoms with Crippen LogP contribution in [0, 0.1) is 12.8 Å². The molecule has 3 N–H and O–H groups in total. The lowest BCUT2D eigenvalue weighted by Crippen LogP contribution is -2.30. The van der Waals surface area contributed by atoms with Gasteiger partial charge < -0.3 is 10.8 Å². The van der Waals surface area contributed by atoms with Crippen molar-refractivity contribution in [1.82, 2.24) is 9.97 Å². The molecule has 0 aliphatic rings. The number of fused-ring (bicyclic) bond motifs is 1. The van der Waals surface area contributed by atoms with Crippen molar-refractivity contribution in [2.45, 2.75) is 39.0 Å². The van der Waals surface area contributed by atoms with E-state index >= 15 is 0 Å². The number of primary amides is 1. The van der Waals surface area contributed by atoms with Gasteiger partial charge in [-0.15, -0.1) is 0 Å². The van der Waals surface area contributed by atoms with Crippen LogP contribution in [0.15, 0.2) is 48.9 Å². The number of aromatic nitrogens is 2. The summed E-state index contributed by atoms with van der Waals surface area (Å²) < 4.78 is 0. The van der Waals surface area contributed by atoms with Crippen molar-refractivity contribution in [2.24, 2.45) is 11.7 Å². The largest absolute Gasteiger partial charge is 0.505 e. The molecule has 3 rings (SSSR count). The molecule has 0 fully saturated rings. The Morgan fingerprint density at radius 3 is 2.70 bits per heavy atom. The Morgan fingerprint density at radius 2 is 2.04 bits per heavy atom. The summed E-state index contributed by atoms with van der Waals surface area (Å²) in [6, 6.07) is 9.49. The minimum absolute atomic E-state index is 0.104. The number of carbonyl (C=O) groups is 1. The van der Waals surface area contributed by atoms with Gasteiger partial charge in [0.2, 0.25) is 5.91 Å². The number of benzene rings is 1. The Morgan fingerprint density at radius 1 is 1.26 bits per heavy atom. The van der Waals surface area contributed by atoms with Gasteiger partial charge in [-0.05, 0) is 36.6 Å². The van der Waals surface area contributed by atoms with Crippen LogP contribution in [0.3, 0.4) is 0 Å². The molecule has 0 aliphatic heterocycles. The van der Waals surface area contributed by atoms with E-state index < -0.39 is 5.92 Å². The Hall–Kier alpha value is -2.95. The fraction of sp³-hybridized carbons (Fsp3) is 0.318. The second kappa shape index (κ2) is 8.16. The number of pyridine rings is 2. The van der Waals surface area contributed by atoms with Crippen molar-refractivity contribution in [3.8, 4) is 5.75 Å². The number of hydrogen-bond acceptors (Lipinski definition) is 4. The maximum absolute atomic E-state index is 12.4. The third kappa shape index (κ3) is 3.77. The molecule has 5 heteroatoms. The van der Waals surface area contributed by atoms with Crippen LogP contribution in [0.25, 0.3) is 10.9 Å². The molecule has 2 atom stereocenters. The van der Waals surface area contributed by atoms with Crippen LogP contribution < -0.4 is 5.73 Å². The molecular formula is C22H25N3O2. The molecule has 2 aromatic heterocycles. The van der Waals surface area contributed by atoms with E-state index in [1.807, 2.05) is 37.3 Å². The molecule has 5 nitrogen and oxygen atoms in total. The van der Waals surface area contributed by atoms with E-state index in [1.165, 1.54) is 0 Å². The Labute approximate surface area is 159 Å². The van der Waals surface area contributed by atoms with Gasteiger partial charge in [0.15, 0.2) is 0 Å². The molecule has 0 bridgehead atoms. The van der Waals surface area contributed by atoms with E-state index in [-0.39, 0.29) is 17.6 Å². The fourth-order valence-electron chi connectivity index (χ4n) is 3.75. The van der Waals surface area contributed by atoms with Crippen molar-refractivity contribution in [3.05, 3.63) is 65.6 Å². The molecule has 1 amide bonds. The van der Waals surface area contributed by atoms with E-state index in [9.17, 15) is 9.90 Å². The van der Waals surface area contributed by atoms with E-state index in [0.29, 0.717) is 17.5 Å². The van der Waals surface area contributed by atoms with Gasteiger partial charge in [0.1, 0.15) is 11.3 Å². The molecule has 2 heterocycles. The SMILES string of the molecule is CCCCC(C(N)=O)C(c1cccnc1)c1cc(C)c2cccnc2c1O. The first-order chi connectivity index (χ1) is 13.0. The number of unbranched alkanes of at least 4 members (excludes halogenated alkanes) is 1. The average Bonchev–Trinajstić information content (AvgIpc) is 2.69. The second-order valence-corrected chi connectivity index (χ2v) is 6.95. The molecule has 27 heavy (non-hydrogen) atoms. The fourth-order valence-corrected chi connectivity index (χ4v) is 3.75. The van der Waals surface area contributed by atoms with Gasteiger partial charge in [0, 0.05) is 41.4 Å². The van der Waals surface area contributed by atoms with Gasteiger partial charge in [-0.3, -0.25) is 14.8 Å². The van der Waals surface area contributed by atoms with Gasteiger partial charge in [-0.1, -0.05) is 38.0 Å². The van der Waals surface area contributed by atoms with Gasteiger partial charge in [-0.2, -0.15) is 0 Å². The maximum Gasteiger partial charge on any atom is 0.221 e. The molecule has 0 aliphatic carbocycles. The Kier molecular flexibility index (Phi) is 5.69. The summed E-state index contributed by atoms with van der Waals surface area (Å²) in [6.07, 6.45) is 7.60. The van der Waals surface area contributed by atoms with Crippen molar-refractivity contribution in [1.29, 1.82) is 0 Å². The van der Waals surface area contributed by atoms with Crippen LogP contribution in [0.5, 0.6) is 5.75 Å². The highest BCUT2D eigenvalue weighted by atomic mass is 16.3. The zero-order valence-corrected chi connectivity index (χ0v) is 15.7. The van der Waals surface area contributed by atoms with Gasteiger partial charge in [0.25, 0.3) is 0 Å². The van der Waals surface area contributed by atoms with Crippen LogP contribution in [0.2, 0.25) is 0 Å². The van der Waals surface area contributed by atoms with Crippen LogP contribution in [0.4, 0.5) is 0 Å². The maximum atomic E-state index is 12.4. The van der Waals surface area contributed by atoms with Crippen LogP contribution >= 0.6 is 0 Å². The molecule has 1 aromatic carbocycles. The van der Waals surface area contributed by atoms with E-state index in [4.69, 9.17) is 5.73 Å². The first-order valence-electron chi connectivity index (χ1n) is 9.31. The molecule has 2 unspecified atom stereocenters. The van der Waals surface area contributed by atoms with Crippen LogP contribution in [-0.2, 0) is 4.79 Å². The zero-order valence-electron chi connectivity index (χ0n) is 15.7. The highest BCUT2D eigenvalue weighted by Gasteiger charge is 2.32. The van der Waals surface area contributed by atoms with Crippen molar-refractivity contribution >= 4 is 16.8 Å². The number of phenols is 1. The van der Waals surface area contributed by atoms with Crippen molar-refractivity contribution in [3.63, 3.8) is 0 Å². The van der Waals surface area contributed by atoms with E-state index in [1.54, 1.807) is 18.6 Å². The predicted molar refractivity (Wildman–Crippen MR) is 106 cm³/mol. The number of phenolic OH excluding ortho intramolecular Hbond substituents is 1. The Balaban J connectivity index is 2.23.